The summed E-state index contributed by atoms with van der Waals surface area (Å²) in [6, 6.07) is 15.9. The van der Waals surface area contributed by atoms with Crippen LogP contribution in [0.25, 0.3) is 11.0 Å². The van der Waals surface area contributed by atoms with E-state index >= 15 is 0 Å². The van der Waals surface area contributed by atoms with Crippen LogP contribution in [0.5, 0.6) is 0 Å². The molecule has 1 N–H and O–H groups in total. The van der Waals surface area contributed by atoms with Gasteiger partial charge in [-0.05, 0) is 53.2 Å². The van der Waals surface area contributed by atoms with Gasteiger partial charge in [0.2, 0.25) is 0 Å². The third-order valence-electron chi connectivity index (χ3n) is 3.17. The molecule has 0 aliphatic rings. The van der Waals surface area contributed by atoms with Gasteiger partial charge in [-0.2, -0.15) is 0 Å². The van der Waals surface area contributed by atoms with E-state index in [1.54, 1.807) is 0 Å². The molecule has 0 saturated carbocycles. The Bertz CT molecular complexity index is 720. The Hall–Kier alpha value is -1.45. The number of hydrogen-bond donors (Lipinski definition) is 1. The van der Waals surface area contributed by atoms with E-state index in [1.807, 2.05) is 42.5 Å². The summed E-state index contributed by atoms with van der Waals surface area (Å²) in [5.41, 5.74) is 1.91. The lowest BCUT2D eigenvalue weighted by atomic mass is 10.2. The number of anilines is 1. The number of fused-ring (bicyclic) bond motifs is 1. The first-order valence-corrected chi connectivity index (χ1v) is 7.50. The van der Waals surface area contributed by atoms with Crippen molar-refractivity contribution in [2.24, 2.45) is 0 Å². The zero-order chi connectivity index (χ0) is 14.1. The summed E-state index contributed by atoms with van der Waals surface area (Å²) in [7, 11) is 0. The topological polar surface area (TPSA) is 25.2 Å². The number of rotatable bonds is 3. The highest BCUT2D eigenvalue weighted by Gasteiger charge is 2.11. The molecule has 1 atom stereocenters. The fraction of sp³-hybridized carbons (Fsp3) is 0.125. The summed E-state index contributed by atoms with van der Waals surface area (Å²) in [5, 5.41) is 5.22. The molecule has 2 nitrogen and oxygen atoms in total. The van der Waals surface area contributed by atoms with Crippen LogP contribution in [0.1, 0.15) is 18.7 Å². The predicted molar refractivity (Wildman–Crippen MR) is 87.4 cm³/mol. The van der Waals surface area contributed by atoms with Crippen LogP contribution in [0.2, 0.25) is 5.02 Å². The summed E-state index contributed by atoms with van der Waals surface area (Å²) in [5.74, 6) is 0.914. The molecule has 102 valence electrons. The Morgan fingerprint density at radius 3 is 2.70 bits per heavy atom. The second kappa shape index (κ2) is 5.51. The van der Waals surface area contributed by atoms with Crippen LogP contribution in [-0.2, 0) is 0 Å². The van der Waals surface area contributed by atoms with Crippen molar-refractivity contribution in [3.8, 4) is 0 Å². The second-order valence-electron chi connectivity index (χ2n) is 4.68. The number of furan rings is 1. The Morgan fingerprint density at radius 1 is 1.15 bits per heavy atom. The zero-order valence-corrected chi connectivity index (χ0v) is 13.2. The average Bonchev–Trinajstić information content (AvgIpc) is 2.87. The molecule has 0 radical (unpaired) electrons. The van der Waals surface area contributed by atoms with Crippen molar-refractivity contribution in [2.45, 2.75) is 13.0 Å². The third kappa shape index (κ3) is 2.69. The normalized spacial score (nSPS) is 12.6. The molecule has 2 aromatic carbocycles. The van der Waals surface area contributed by atoms with Gasteiger partial charge in [0, 0.05) is 15.5 Å². The van der Waals surface area contributed by atoms with Gasteiger partial charge in [-0.25, -0.2) is 0 Å². The van der Waals surface area contributed by atoms with Gasteiger partial charge in [0.1, 0.15) is 11.3 Å². The average molecular weight is 351 g/mol. The van der Waals surface area contributed by atoms with Gasteiger partial charge in [0.15, 0.2) is 0 Å². The fourth-order valence-electron chi connectivity index (χ4n) is 2.12. The van der Waals surface area contributed by atoms with Crippen LogP contribution in [0.3, 0.4) is 0 Å². The molecule has 0 saturated heterocycles. The minimum Gasteiger partial charge on any atom is -0.459 e. The lowest BCUT2D eigenvalue weighted by Crippen LogP contribution is -2.05. The van der Waals surface area contributed by atoms with E-state index in [2.05, 4.69) is 34.2 Å². The van der Waals surface area contributed by atoms with E-state index in [1.165, 1.54) is 0 Å². The number of hydrogen-bond acceptors (Lipinski definition) is 2. The third-order valence-corrected chi connectivity index (χ3v) is 4.39. The van der Waals surface area contributed by atoms with Crippen LogP contribution >= 0.6 is 27.5 Å². The molecule has 0 bridgehead atoms. The van der Waals surface area contributed by atoms with Gasteiger partial charge < -0.3 is 9.73 Å². The van der Waals surface area contributed by atoms with Gasteiger partial charge in [-0.15, -0.1) is 0 Å². The summed E-state index contributed by atoms with van der Waals surface area (Å²) in [6.07, 6.45) is 0. The molecule has 3 aromatic rings. The summed E-state index contributed by atoms with van der Waals surface area (Å²) < 4.78 is 6.73. The van der Waals surface area contributed by atoms with E-state index in [9.17, 15) is 0 Å². The molecular weight excluding hydrogens is 338 g/mol. The molecule has 0 aliphatic heterocycles. The van der Waals surface area contributed by atoms with E-state index in [-0.39, 0.29) is 6.04 Å². The lowest BCUT2D eigenvalue weighted by Gasteiger charge is -2.13. The number of nitrogens with one attached hydrogen (secondary N) is 1. The fourth-order valence-corrected chi connectivity index (χ4v) is 2.62. The van der Waals surface area contributed by atoms with E-state index in [0.717, 1.165) is 26.9 Å². The van der Waals surface area contributed by atoms with Crippen molar-refractivity contribution >= 4 is 44.2 Å². The van der Waals surface area contributed by atoms with Crippen molar-refractivity contribution in [1.29, 1.82) is 0 Å². The molecule has 3 rings (SSSR count). The predicted octanol–water partition coefficient (Wildman–Crippen LogP) is 6.02. The minimum absolute atomic E-state index is 0.0791. The Morgan fingerprint density at radius 2 is 1.95 bits per heavy atom. The quantitative estimate of drug-likeness (QED) is 0.624. The highest BCUT2D eigenvalue weighted by Crippen LogP contribution is 2.29. The molecule has 20 heavy (non-hydrogen) atoms. The highest BCUT2D eigenvalue weighted by atomic mass is 79.9. The second-order valence-corrected chi connectivity index (χ2v) is 5.94. The van der Waals surface area contributed by atoms with Crippen molar-refractivity contribution in [2.75, 3.05) is 5.32 Å². The molecule has 0 aliphatic carbocycles. The molecule has 4 heteroatoms. The van der Waals surface area contributed by atoms with Crippen LogP contribution in [-0.4, -0.2) is 0 Å². The minimum atomic E-state index is 0.0791. The van der Waals surface area contributed by atoms with Crippen LogP contribution < -0.4 is 5.32 Å². The van der Waals surface area contributed by atoms with E-state index < -0.39 is 0 Å². The lowest BCUT2D eigenvalue weighted by molar-refractivity contribution is 0.526. The Labute approximate surface area is 130 Å². The Balaban J connectivity index is 1.84. The molecule has 1 aromatic heterocycles. The molecule has 0 spiro atoms. The summed E-state index contributed by atoms with van der Waals surface area (Å²) >= 11 is 9.42. The molecule has 0 amide bonds. The van der Waals surface area contributed by atoms with Gasteiger partial charge in [-0.1, -0.05) is 29.8 Å². The van der Waals surface area contributed by atoms with E-state index in [4.69, 9.17) is 16.0 Å². The molecule has 1 heterocycles. The van der Waals surface area contributed by atoms with Crippen LogP contribution in [0.4, 0.5) is 5.69 Å². The van der Waals surface area contributed by atoms with Gasteiger partial charge in [-0.3, -0.25) is 0 Å². The first-order valence-electron chi connectivity index (χ1n) is 6.33. The monoisotopic (exact) mass is 349 g/mol. The summed E-state index contributed by atoms with van der Waals surface area (Å²) in [6.45, 7) is 2.07. The highest BCUT2D eigenvalue weighted by molar-refractivity contribution is 9.10. The molecule has 1 unspecified atom stereocenters. The van der Waals surface area contributed by atoms with Crippen LogP contribution in [0.15, 0.2) is 57.4 Å². The zero-order valence-electron chi connectivity index (χ0n) is 10.9. The number of para-hydroxylation sites is 1. The first kappa shape index (κ1) is 13.5. The maximum absolute atomic E-state index is 5.99. The maximum atomic E-state index is 5.99. The molecule has 0 fully saturated rings. The standard InChI is InChI=1S/C16H13BrClNO/c1-10(19-12-6-7-14(18)13(17)9-12)16-8-11-4-2-3-5-15(11)20-16/h2-10,19H,1H3. The van der Waals surface area contributed by atoms with Crippen LogP contribution in [0, 0.1) is 0 Å². The van der Waals surface area contributed by atoms with E-state index in [0.29, 0.717) is 5.02 Å². The van der Waals surface area contributed by atoms with Gasteiger partial charge >= 0.3 is 0 Å². The largest absolute Gasteiger partial charge is 0.459 e. The molecular formula is C16H13BrClNO. The van der Waals surface area contributed by atoms with Crippen molar-refractivity contribution in [3.05, 3.63) is 63.8 Å². The summed E-state index contributed by atoms with van der Waals surface area (Å²) in [4.78, 5) is 0. The van der Waals surface area contributed by atoms with Crippen molar-refractivity contribution in [1.82, 2.24) is 0 Å². The van der Waals surface area contributed by atoms with Gasteiger partial charge in [0.05, 0.1) is 11.1 Å². The number of halogens is 2. The smallest absolute Gasteiger partial charge is 0.134 e. The SMILES string of the molecule is CC(Nc1ccc(Cl)c(Br)c1)c1cc2ccccc2o1. The maximum Gasteiger partial charge on any atom is 0.134 e. The Kier molecular flexibility index (Phi) is 3.72. The van der Waals surface area contributed by atoms with Crippen molar-refractivity contribution < 1.29 is 4.42 Å². The number of benzene rings is 2. The first-order chi connectivity index (χ1) is 9.63. The van der Waals surface area contributed by atoms with Gasteiger partial charge in [0.25, 0.3) is 0 Å². The van der Waals surface area contributed by atoms with Crippen molar-refractivity contribution in [3.63, 3.8) is 0 Å².